The summed E-state index contributed by atoms with van der Waals surface area (Å²) in [6, 6.07) is 6.94. The van der Waals surface area contributed by atoms with Gasteiger partial charge in [-0.05, 0) is 54.3 Å². The number of thioether (sulfide) groups is 1. The van der Waals surface area contributed by atoms with Crippen LogP contribution < -0.4 is 5.32 Å². The molecule has 1 aromatic rings. The van der Waals surface area contributed by atoms with Gasteiger partial charge in [0.15, 0.2) is 0 Å². The van der Waals surface area contributed by atoms with Crippen LogP contribution in [-0.4, -0.2) is 11.6 Å². The van der Waals surface area contributed by atoms with Gasteiger partial charge in [0.25, 0.3) is 0 Å². The molecule has 1 nitrogen and oxygen atoms in total. The van der Waals surface area contributed by atoms with Crippen molar-refractivity contribution in [2.45, 2.75) is 49.6 Å². The molecule has 3 unspecified atom stereocenters. The largest absolute Gasteiger partial charge is 0.446 e. The lowest BCUT2D eigenvalue weighted by atomic mass is 9.78. The lowest BCUT2D eigenvalue weighted by Crippen LogP contribution is -2.34. The van der Waals surface area contributed by atoms with Crippen LogP contribution in [0.25, 0.3) is 0 Å². The van der Waals surface area contributed by atoms with Gasteiger partial charge in [-0.3, -0.25) is 0 Å². The first-order valence-corrected chi connectivity index (χ1v) is 7.79. The number of alkyl halides is 3. The summed E-state index contributed by atoms with van der Waals surface area (Å²) in [5.41, 5.74) is -3.31. The lowest BCUT2D eigenvalue weighted by molar-refractivity contribution is -0.0328. The molecule has 2 rings (SSSR count). The summed E-state index contributed by atoms with van der Waals surface area (Å²) in [6.45, 7) is 4.51. The summed E-state index contributed by atoms with van der Waals surface area (Å²) in [6.07, 6.45) is 3.61. The van der Waals surface area contributed by atoms with E-state index in [4.69, 9.17) is 0 Å². The van der Waals surface area contributed by atoms with E-state index >= 15 is 0 Å². The van der Waals surface area contributed by atoms with Crippen molar-refractivity contribution in [3.05, 3.63) is 24.3 Å². The Balaban J connectivity index is 1.96. The quantitative estimate of drug-likeness (QED) is 0.736. The molecule has 3 atom stereocenters. The third-order valence-electron chi connectivity index (χ3n) is 4.15. The average molecular weight is 303 g/mol. The first-order chi connectivity index (χ1) is 9.35. The van der Waals surface area contributed by atoms with Gasteiger partial charge in [0.2, 0.25) is 0 Å². The van der Waals surface area contributed by atoms with E-state index in [0.29, 0.717) is 17.9 Å². The SMILES string of the molecule is CC1CCCC(Nc2ccc(SC(F)(F)F)cc2)C1C. The van der Waals surface area contributed by atoms with Crippen LogP contribution in [0, 0.1) is 11.8 Å². The molecule has 1 saturated carbocycles. The van der Waals surface area contributed by atoms with Crippen LogP contribution in [-0.2, 0) is 0 Å². The molecule has 0 aromatic heterocycles. The van der Waals surface area contributed by atoms with Crippen LogP contribution in [0.3, 0.4) is 0 Å². The number of hydrogen-bond donors (Lipinski definition) is 1. The predicted molar refractivity (Wildman–Crippen MR) is 77.9 cm³/mol. The fourth-order valence-electron chi connectivity index (χ4n) is 2.75. The van der Waals surface area contributed by atoms with Gasteiger partial charge in [-0.1, -0.05) is 26.7 Å². The van der Waals surface area contributed by atoms with Crippen LogP contribution in [0.15, 0.2) is 29.2 Å². The summed E-state index contributed by atoms with van der Waals surface area (Å²) in [4.78, 5) is 0.230. The average Bonchev–Trinajstić information content (AvgIpc) is 2.35. The maximum Gasteiger partial charge on any atom is 0.446 e. The van der Waals surface area contributed by atoms with Crippen molar-refractivity contribution >= 4 is 17.4 Å². The van der Waals surface area contributed by atoms with Gasteiger partial charge in [0, 0.05) is 16.6 Å². The van der Waals surface area contributed by atoms with E-state index in [-0.39, 0.29) is 16.7 Å². The molecule has 1 fully saturated rings. The highest BCUT2D eigenvalue weighted by Crippen LogP contribution is 2.37. The van der Waals surface area contributed by atoms with Crippen molar-refractivity contribution in [2.24, 2.45) is 11.8 Å². The smallest absolute Gasteiger partial charge is 0.382 e. The van der Waals surface area contributed by atoms with Crippen LogP contribution in [0.5, 0.6) is 0 Å². The first-order valence-electron chi connectivity index (χ1n) is 6.97. The molecule has 0 saturated heterocycles. The van der Waals surface area contributed by atoms with Crippen LogP contribution in [0.2, 0.25) is 0 Å². The second-order valence-electron chi connectivity index (χ2n) is 5.59. The van der Waals surface area contributed by atoms with E-state index in [0.717, 1.165) is 12.1 Å². The van der Waals surface area contributed by atoms with E-state index in [1.807, 2.05) is 0 Å². The minimum atomic E-state index is -4.22. The summed E-state index contributed by atoms with van der Waals surface area (Å²) < 4.78 is 36.8. The van der Waals surface area contributed by atoms with Crippen molar-refractivity contribution in [3.63, 3.8) is 0 Å². The van der Waals surface area contributed by atoms with Crippen LogP contribution >= 0.6 is 11.8 Å². The van der Waals surface area contributed by atoms with Crippen LogP contribution in [0.1, 0.15) is 33.1 Å². The number of anilines is 1. The third-order valence-corrected chi connectivity index (χ3v) is 4.89. The van der Waals surface area contributed by atoms with Gasteiger partial charge in [0.1, 0.15) is 0 Å². The second-order valence-corrected chi connectivity index (χ2v) is 6.73. The summed E-state index contributed by atoms with van der Waals surface area (Å²) >= 11 is -0.0713. The molecule has 1 aromatic carbocycles. The maximum atomic E-state index is 12.3. The summed E-state index contributed by atoms with van der Waals surface area (Å²) in [5.74, 6) is 1.29. The Kier molecular flexibility index (Phi) is 4.89. The molecule has 5 heteroatoms. The Morgan fingerprint density at radius 3 is 2.35 bits per heavy atom. The number of nitrogens with one attached hydrogen (secondary N) is 1. The highest BCUT2D eigenvalue weighted by Gasteiger charge is 2.29. The number of halogens is 3. The maximum absolute atomic E-state index is 12.3. The Morgan fingerprint density at radius 2 is 1.75 bits per heavy atom. The van der Waals surface area contributed by atoms with Crippen molar-refractivity contribution < 1.29 is 13.2 Å². The molecule has 0 radical (unpaired) electrons. The zero-order valence-corrected chi connectivity index (χ0v) is 12.5. The fraction of sp³-hybridized carbons (Fsp3) is 0.600. The molecule has 0 amide bonds. The highest BCUT2D eigenvalue weighted by molar-refractivity contribution is 8.00. The van der Waals surface area contributed by atoms with Gasteiger partial charge < -0.3 is 5.32 Å². The molecule has 1 N–H and O–H groups in total. The molecular formula is C15H20F3NS. The van der Waals surface area contributed by atoms with Crippen molar-refractivity contribution in [1.82, 2.24) is 0 Å². The van der Waals surface area contributed by atoms with E-state index in [1.165, 1.54) is 25.0 Å². The minimum absolute atomic E-state index is 0.0713. The van der Waals surface area contributed by atoms with Crippen LogP contribution in [0.4, 0.5) is 18.9 Å². The van der Waals surface area contributed by atoms with Crippen molar-refractivity contribution in [2.75, 3.05) is 5.32 Å². The lowest BCUT2D eigenvalue weighted by Gasteiger charge is -2.35. The van der Waals surface area contributed by atoms with E-state index < -0.39 is 5.51 Å². The Hall–Kier alpha value is -0.840. The molecule has 0 spiro atoms. The van der Waals surface area contributed by atoms with E-state index in [2.05, 4.69) is 19.2 Å². The Labute approximate surface area is 122 Å². The highest BCUT2D eigenvalue weighted by atomic mass is 32.2. The Morgan fingerprint density at radius 1 is 1.10 bits per heavy atom. The molecule has 112 valence electrons. The summed E-state index contributed by atoms with van der Waals surface area (Å²) in [5, 5.41) is 3.46. The second kappa shape index (κ2) is 6.29. The fourth-order valence-corrected chi connectivity index (χ4v) is 3.29. The number of rotatable bonds is 3. The monoisotopic (exact) mass is 303 g/mol. The van der Waals surface area contributed by atoms with Crippen molar-refractivity contribution in [1.29, 1.82) is 0 Å². The molecule has 0 aliphatic heterocycles. The molecule has 20 heavy (non-hydrogen) atoms. The first kappa shape index (κ1) is 15.5. The molecular weight excluding hydrogens is 283 g/mol. The number of hydrogen-bond acceptors (Lipinski definition) is 2. The standard InChI is InChI=1S/C15H20F3NS/c1-10-4-3-5-14(11(10)2)19-12-6-8-13(9-7-12)20-15(16,17)18/h6-11,14,19H,3-5H2,1-2H3. The van der Waals surface area contributed by atoms with Gasteiger partial charge in [0.05, 0.1) is 0 Å². The predicted octanol–water partition coefficient (Wildman–Crippen LogP) is 5.54. The zero-order chi connectivity index (χ0) is 14.8. The van der Waals surface area contributed by atoms with Gasteiger partial charge in [-0.15, -0.1) is 0 Å². The Bertz CT molecular complexity index is 430. The van der Waals surface area contributed by atoms with Gasteiger partial charge in [-0.2, -0.15) is 13.2 Å². The normalized spacial score (nSPS) is 27.4. The number of benzene rings is 1. The molecule has 0 bridgehead atoms. The molecule has 1 aliphatic carbocycles. The molecule has 0 heterocycles. The third kappa shape index (κ3) is 4.33. The summed E-state index contributed by atoms with van der Waals surface area (Å²) in [7, 11) is 0. The van der Waals surface area contributed by atoms with Gasteiger partial charge >= 0.3 is 5.51 Å². The van der Waals surface area contributed by atoms with E-state index in [1.54, 1.807) is 12.1 Å². The molecule has 1 aliphatic rings. The van der Waals surface area contributed by atoms with Crippen molar-refractivity contribution in [3.8, 4) is 0 Å². The topological polar surface area (TPSA) is 12.0 Å². The van der Waals surface area contributed by atoms with E-state index in [9.17, 15) is 13.2 Å². The zero-order valence-electron chi connectivity index (χ0n) is 11.7. The minimum Gasteiger partial charge on any atom is -0.382 e. The van der Waals surface area contributed by atoms with Gasteiger partial charge in [-0.25, -0.2) is 0 Å².